The van der Waals surface area contributed by atoms with Crippen LogP contribution in [0.2, 0.25) is 0 Å². The Kier molecular flexibility index (Phi) is 5.48. The van der Waals surface area contributed by atoms with Gasteiger partial charge >= 0.3 is 6.09 Å². The highest BCUT2D eigenvalue weighted by Crippen LogP contribution is 2.26. The molecule has 0 radical (unpaired) electrons. The van der Waals surface area contributed by atoms with E-state index in [-0.39, 0.29) is 5.82 Å². The molecule has 1 aliphatic heterocycles. The molecule has 0 atom stereocenters. The van der Waals surface area contributed by atoms with Crippen molar-refractivity contribution in [3.05, 3.63) is 48.4 Å². The van der Waals surface area contributed by atoms with E-state index in [0.29, 0.717) is 12.5 Å². The number of hydrogen-bond donors (Lipinski definition) is 2. The summed E-state index contributed by atoms with van der Waals surface area (Å²) < 4.78 is 13.3. The largest absolute Gasteiger partial charge is 0.465 e. The first-order chi connectivity index (χ1) is 12.1. The molecule has 2 N–H and O–H groups in total. The van der Waals surface area contributed by atoms with E-state index < -0.39 is 6.09 Å². The summed E-state index contributed by atoms with van der Waals surface area (Å²) in [6, 6.07) is 10.5. The van der Waals surface area contributed by atoms with Crippen molar-refractivity contribution in [2.45, 2.75) is 19.3 Å². The van der Waals surface area contributed by atoms with Crippen LogP contribution in [0.1, 0.15) is 19.3 Å². The second-order valence-electron chi connectivity index (χ2n) is 6.37. The zero-order valence-electron chi connectivity index (χ0n) is 14.0. The molecule has 1 aromatic heterocycles. The zero-order valence-corrected chi connectivity index (χ0v) is 14.0. The Morgan fingerprint density at radius 2 is 2.04 bits per heavy atom. The predicted octanol–water partition coefficient (Wildman–Crippen LogP) is 3.76. The van der Waals surface area contributed by atoms with E-state index in [0.717, 1.165) is 49.3 Å². The lowest BCUT2D eigenvalue weighted by Crippen LogP contribution is -2.35. The van der Waals surface area contributed by atoms with Crippen molar-refractivity contribution < 1.29 is 14.3 Å². The molecule has 6 heteroatoms. The molecule has 0 unspecified atom stereocenters. The van der Waals surface area contributed by atoms with E-state index in [1.807, 2.05) is 18.2 Å². The summed E-state index contributed by atoms with van der Waals surface area (Å²) >= 11 is 0. The van der Waals surface area contributed by atoms with Gasteiger partial charge in [-0.05, 0) is 55.0 Å². The molecule has 2 aromatic rings. The summed E-state index contributed by atoms with van der Waals surface area (Å²) in [5.74, 6) is 1.23. The topological polar surface area (TPSA) is 65.5 Å². The normalized spacial score (nSPS) is 15.2. The molecule has 1 aromatic carbocycles. The van der Waals surface area contributed by atoms with Gasteiger partial charge in [-0.2, -0.15) is 0 Å². The molecule has 1 saturated heterocycles. The van der Waals surface area contributed by atoms with Crippen molar-refractivity contribution in [1.29, 1.82) is 0 Å². The van der Waals surface area contributed by atoms with Crippen LogP contribution in [0.25, 0.3) is 11.1 Å². The summed E-state index contributed by atoms with van der Waals surface area (Å²) in [6.45, 7) is 2.36. The van der Waals surface area contributed by atoms with Gasteiger partial charge in [0, 0.05) is 31.4 Å². The number of amides is 1. The number of benzene rings is 1. The van der Waals surface area contributed by atoms with Crippen molar-refractivity contribution in [3.63, 3.8) is 0 Å². The van der Waals surface area contributed by atoms with Crippen LogP contribution in [0.4, 0.5) is 15.0 Å². The second kappa shape index (κ2) is 7.96. The Morgan fingerprint density at radius 3 is 2.68 bits per heavy atom. The third kappa shape index (κ3) is 4.68. The van der Waals surface area contributed by atoms with E-state index in [1.165, 1.54) is 12.1 Å². The lowest BCUT2D eigenvalue weighted by molar-refractivity contribution is 0.193. The number of pyridine rings is 1. The van der Waals surface area contributed by atoms with Crippen molar-refractivity contribution in [3.8, 4) is 11.1 Å². The number of aromatic nitrogens is 1. The number of carbonyl (C=O) groups is 1. The highest BCUT2D eigenvalue weighted by Gasteiger charge is 2.20. The van der Waals surface area contributed by atoms with Crippen LogP contribution in [0, 0.1) is 11.7 Å². The van der Waals surface area contributed by atoms with Crippen molar-refractivity contribution >= 4 is 11.9 Å². The van der Waals surface area contributed by atoms with Crippen LogP contribution in [0.5, 0.6) is 0 Å². The van der Waals surface area contributed by atoms with E-state index in [1.54, 1.807) is 12.3 Å². The standard InChI is InChI=1S/C19H22FN3O2/c20-17-3-1-2-15(12-17)16-4-5-18(22-13-16)23-10-7-14(8-11-23)6-9-21-19(24)25/h1-5,12-14,21H,6-11H2,(H,24,25). The molecule has 2 heterocycles. The van der Waals surface area contributed by atoms with Gasteiger partial charge < -0.3 is 15.3 Å². The summed E-state index contributed by atoms with van der Waals surface area (Å²) in [5.41, 5.74) is 1.72. The molecule has 1 amide bonds. The zero-order chi connectivity index (χ0) is 17.6. The van der Waals surface area contributed by atoms with Crippen molar-refractivity contribution in [2.75, 3.05) is 24.5 Å². The molecular formula is C19H22FN3O2. The van der Waals surface area contributed by atoms with Crippen LogP contribution in [0.3, 0.4) is 0 Å². The molecular weight excluding hydrogens is 321 g/mol. The number of nitrogens with one attached hydrogen (secondary N) is 1. The molecule has 3 rings (SSSR count). The lowest BCUT2D eigenvalue weighted by atomic mass is 9.93. The van der Waals surface area contributed by atoms with Crippen LogP contribution in [-0.2, 0) is 0 Å². The molecule has 5 nitrogen and oxygen atoms in total. The first kappa shape index (κ1) is 17.2. The van der Waals surface area contributed by atoms with E-state index in [4.69, 9.17) is 5.11 Å². The molecule has 0 saturated carbocycles. The average molecular weight is 343 g/mol. The Morgan fingerprint density at radius 1 is 1.24 bits per heavy atom. The monoisotopic (exact) mass is 343 g/mol. The fraction of sp³-hybridized carbons (Fsp3) is 0.368. The molecule has 0 aliphatic carbocycles. The molecule has 0 spiro atoms. The smallest absolute Gasteiger partial charge is 0.404 e. The Balaban J connectivity index is 1.54. The van der Waals surface area contributed by atoms with Crippen molar-refractivity contribution in [2.24, 2.45) is 5.92 Å². The Labute approximate surface area is 146 Å². The fourth-order valence-corrected chi connectivity index (χ4v) is 3.25. The van der Waals surface area contributed by atoms with Crippen molar-refractivity contribution in [1.82, 2.24) is 10.3 Å². The van der Waals surface area contributed by atoms with Gasteiger partial charge in [0.25, 0.3) is 0 Å². The molecule has 132 valence electrons. The number of rotatable bonds is 5. The minimum Gasteiger partial charge on any atom is -0.465 e. The SMILES string of the molecule is O=C(O)NCCC1CCN(c2ccc(-c3cccc(F)c3)cn2)CC1. The number of piperidine rings is 1. The van der Waals surface area contributed by atoms with Gasteiger partial charge in [0.05, 0.1) is 0 Å². The minimum absolute atomic E-state index is 0.249. The second-order valence-corrected chi connectivity index (χ2v) is 6.37. The number of nitrogens with zero attached hydrogens (tertiary/aromatic N) is 2. The van der Waals surface area contributed by atoms with Crippen LogP contribution >= 0.6 is 0 Å². The number of hydrogen-bond acceptors (Lipinski definition) is 3. The first-order valence-corrected chi connectivity index (χ1v) is 8.55. The van der Waals surface area contributed by atoms with E-state index in [2.05, 4.69) is 15.2 Å². The summed E-state index contributed by atoms with van der Waals surface area (Å²) in [6.07, 6.45) is 3.78. The van der Waals surface area contributed by atoms with Gasteiger partial charge in [-0.15, -0.1) is 0 Å². The highest BCUT2D eigenvalue weighted by molar-refractivity contribution is 5.64. The Bertz CT molecular complexity index is 713. The van der Waals surface area contributed by atoms with Gasteiger partial charge in [0.1, 0.15) is 11.6 Å². The Hall–Kier alpha value is -2.63. The third-order valence-electron chi connectivity index (χ3n) is 4.67. The predicted molar refractivity (Wildman–Crippen MR) is 95.2 cm³/mol. The number of carboxylic acid groups (broad SMARTS) is 1. The summed E-state index contributed by atoms with van der Waals surface area (Å²) in [5, 5.41) is 11.0. The number of anilines is 1. The maximum atomic E-state index is 13.3. The maximum Gasteiger partial charge on any atom is 0.404 e. The average Bonchev–Trinajstić information content (AvgIpc) is 2.62. The summed E-state index contributed by atoms with van der Waals surface area (Å²) in [4.78, 5) is 17.3. The summed E-state index contributed by atoms with van der Waals surface area (Å²) in [7, 11) is 0. The fourth-order valence-electron chi connectivity index (χ4n) is 3.25. The van der Waals surface area contributed by atoms with Crippen LogP contribution < -0.4 is 10.2 Å². The molecule has 1 aliphatic rings. The van der Waals surface area contributed by atoms with Gasteiger partial charge in [-0.1, -0.05) is 12.1 Å². The third-order valence-corrected chi connectivity index (χ3v) is 4.67. The quantitative estimate of drug-likeness (QED) is 0.867. The van der Waals surface area contributed by atoms with Gasteiger partial charge in [-0.3, -0.25) is 0 Å². The maximum absolute atomic E-state index is 13.3. The molecule has 25 heavy (non-hydrogen) atoms. The minimum atomic E-state index is -0.958. The van der Waals surface area contributed by atoms with Gasteiger partial charge in [0.15, 0.2) is 0 Å². The highest BCUT2D eigenvalue weighted by atomic mass is 19.1. The molecule has 1 fully saturated rings. The van der Waals surface area contributed by atoms with Gasteiger partial charge in [-0.25, -0.2) is 14.2 Å². The lowest BCUT2D eigenvalue weighted by Gasteiger charge is -2.32. The van der Waals surface area contributed by atoms with E-state index >= 15 is 0 Å². The van der Waals surface area contributed by atoms with E-state index in [9.17, 15) is 9.18 Å². The number of halogens is 1. The molecule has 0 bridgehead atoms. The van der Waals surface area contributed by atoms with Crippen LogP contribution in [-0.4, -0.2) is 35.8 Å². The van der Waals surface area contributed by atoms with Gasteiger partial charge in [0.2, 0.25) is 0 Å². The first-order valence-electron chi connectivity index (χ1n) is 8.55. The van der Waals surface area contributed by atoms with Crippen LogP contribution in [0.15, 0.2) is 42.6 Å².